The fraction of sp³-hybridized carbons (Fsp3) is 0.500. The molecule has 1 aliphatic heterocycles. The van der Waals surface area contributed by atoms with Crippen molar-refractivity contribution in [2.75, 3.05) is 13.2 Å². The van der Waals surface area contributed by atoms with Gasteiger partial charge in [-0.1, -0.05) is 0 Å². The van der Waals surface area contributed by atoms with Crippen LogP contribution in [0.1, 0.15) is 11.5 Å². The number of carbonyl (C=O) groups is 1. The Kier molecular flexibility index (Phi) is 2.91. The van der Waals surface area contributed by atoms with E-state index >= 15 is 0 Å². The first-order valence-electron chi connectivity index (χ1n) is 4.96. The molecule has 3 N–H and O–H groups in total. The summed E-state index contributed by atoms with van der Waals surface area (Å²) in [5.74, 6) is 1.95. The number of ether oxygens (including phenoxy) is 1. The van der Waals surface area contributed by atoms with E-state index < -0.39 is 0 Å². The molecule has 15 heavy (non-hydrogen) atoms. The molecule has 5 nitrogen and oxygen atoms in total. The number of hydrogen-bond acceptors (Lipinski definition) is 4. The largest absolute Gasteiger partial charge is 0.465 e. The molecule has 2 rings (SSSR count). The maximum atomic E-state index is 10.7. The molecule has 0 spiro atoms. The molecule has 5 heteroatoms. The lowest BCUT2D eigenvalue weighted by Gasteiger charge is -2.21. The molecule has 0 aliphatic carbocycles. The normalized spacial score (nSPS) is 20.9. The highest BCUT2D eigenvalue weighted by Crippen LogP contribution is 2.14. The molecule has 1 aromatic heterocycles. The fourth-order valence-corrected chi connectivity index (χ4v) is 1.59. The summed E-state index contributed by atoms with van der Waals surface area (Å²) in [5, 5.41) is 2.65. The summed E-state index contributed by atoms with van der Waals surface area (Å²) in [6, 6.07) is 3.79. The van der Waals surface area contributed by atoms with Gasteiger partial charge in [-0.2, -0.15) is 0 Å². The van der Waals surface area contributed by atoms with Gasteiger partial charge in [0.05, 0.1) is 13.2 Å². The van der Waals surface area contributed by atoms with Crippen LogP contribution in [0.2, 0.25) is 0 Å². The molecule has 1 saturated heterocycles. The van der Waals surface area contributed by atoms with Crippen LogP contribution in [0.3, 0.4) is 0 Å². The van der Waals surface area contributed by atoms with Gasteiger partial charge in [-0.15, -0.1) is 0 Å². The van der Waals surface area contributed by atoms with Gasteiger partial charge in [0.15, 0.2) is 0 Å². The van der Waals surface area contributed by atoms with Crippen LogP contribution in [0, 0.1) is 5.92 Å². The average molecular weight is 210 g/mol. The third-order valence-electron chi connectivity index (χ3n) is 2.39. The second-order valence-corrected chi connectivity index (χ2v) is 3.62. The standard InChI is InChI=1S/C10H14N2O3/c11-4-9-2-1-8(15-9)3-7-5-12-10(13)14-6-7/h1-2,7H,3-6,11H2,(H,12,13). The van der Waals surface area contributed by atoms with Crippen LogP contribution in [0.15, 0.2) is 16.5 Å². The van der Waals surface area contributed by atoms with Gasteiger partial charge >= 0.3 is 6.09 Å². The van der Waals surface area contributed by atoms with E-state index in [1.54, 1.807) is 0 Å². The molecule has 0 radical (unpaired) electrons. The van der Waals surface area contributed by atoms with Crippen LogP contribution in [-0.2, 0) is 17.7 Å². The zero-order chi connectivity index (χ0) is 10.7. The van der Waals surface area contributed by atoms with Crippen molar-refractivity contribution in [3.63, 3.8) is 0 Å². The predicted molar refractivity (Wildman–Crippen MR) is 53.1 cm³/mol. The van der Waals surface area contributed by atoms with Crippen molar-refractivity contribution < 1.29 is 13.9 Å². The molecule has 1 fully saturated rings. The number of alkyl carbamates (subject to hydrolysis) is 1. The lowest BCUT2D eigenvalue weighted by Crippen LogP contribution is -2.39. The van der Waals surface area contributed by atoms with Gasteiger partial charge in [-0.05, 0) is 12.1 Å². The van der Waals surface area contributed by atoms with Crippen molar-refractivity contribution >= 4 is 6.09 Å². The lowest BCUT2D eigenvalue weighted by atomic mass is 10.0. The van der Waals surface area contributed by atoms with Crippen LogP contribution in [0.25, 0.3) is 0 Å². The van der Waals surface area contributed by atoms with Crippen LogP contribution < -0.4 is 11.1 Å². The highest BCUT2D eigenvalue weighted by atomic mass is 16.6. The molecular weight excluding hydrogens is 196 g/mol. The summed E-state index contributed by atoms with van der Waals surface area (Å²) in [5.41, 5.74) is 5.44. The number of amides is 1. The van der Waals surface area contributed by atoms with Crippen LogP contribution in [0.4, 0.5) is 4.79 Å². The number of nitrogens with one attached hydrogen (secondary N) is 1. The first-order valence-corrected chi connectivity index (χ1v) is 4.96. The fourth-order valence-electron chi connectivity index (χ4n) is 1.59. The van der Waals surface area contributed by atoms with E-state index in [1.165, 1.54) is 0 Å². The molecule has 1 aromatic rings. The van der Waals surface area contributed by atoms with E-state index in [-0.39, 0.29) is 12.0 Å². The number of furan rings is 1. The highest BCUT2D eigenvalue weighted by Gasteiger charge is 2.20. The molecular formula is C10H14N2O3. The highest BCUT2D eigenvalue weighted by molar-refractivity contribution is 5.67. The van der Waals surface area contributed by atoms with Gasteiger partial charge in [0.25, 0.3) is 0 Å². The summed E-state index contributed by atoms with van der Waals surface area (Å²) in [6.07, 6.45) is 0.425. The zero-order valence-corrected chi connectivity index (χ0v) is 8.36. The van der Waals surface area contributed by atoms with E-state index in [9.17, 15) is 4.79 Å². The minimum absolute atomic E-state index is 0.277. The summed E-state index contributed by atoms with van der Waals surface area (Å²) in [4.78, 5) is 10.7. The topological polar surface area (TPSA) is 77.5 Å². The van der Waals surface area contributed by atoms with Crippen LogP contribution in [-0.4, -0.2) is 19.2 Å². The minimum Gasteiger partial charge on any atom is -0.465 e. The van der Waals surface area contributed by atoms with Crippen molar-refractivity contribution in [3.05, 3.63) is 23.7 Å². The Hall–Kier alpha value is -1.49. The summed E-state index contributed by atoms with van der Waals surface area (Å²) < 4.78 is 10.3. The second kappa shape index (κ2) is 4.35. The van der Waals surface area contributed by atoms with Crippen molar-refractivity contribution in [2.24, 2.45) is 11.7 Å². The van der Waals surface area contributed by atoms with Crippen molar-refractivity contribution in [2.45, 2.75) is 13.0 Å². The Morgan fingerprint density at radius 1 is 1.47 bits per heavy atom. The summed E-state index contributed by atoms with van der Waals surface area (Å²) in [7, 11) is 0. The van der Waals surface area contributed by atoms with Gasteiger partial charge < -0.3 is 20.2 Å². The van der Waals surface area contributed by atoms with E-state index in [0.29, 0.717) is 19.7 Å². The van der Waals surface area contributed by atoms with Gasteiger partial charge in [0.2, 0.25) is 0 Å². The van der Waals surface area contributed by atoms with E-state index in [0.717, 1.165) is 17.9 Å². The monoisotopic (exact) mass is 210 g/mol. The smallest absolute Gasteiger partial charge is 0.407 e. The molecule has 0 aromatic carbocycles. The van der Waals surface area contributed by atoms with Crippen molar-refractivity contribution in [1.82, 2.24) is 5.32 Å². The summed E-state index contributed by atoms with van der Waals surface area (Å²) in [6.45, 7) is 1.50. The Morgan fingerprint density at radius 3 is 2.87 bits per heavy atom. The molecule has 1 atom stereocenters. The van der Waals surface area contributed by atoms with E-state index in [1.807, 2.05) is 12.1 Å². The SMILES string of the molecule is NCc1ccc(CC2CNC(=O)OC2)o1. The number of hydrogen-bond donors (Lipinski definition) is 2. The summed E-state index contributed by atoms with van der Waals surface area (Å²) >= 11 is 0. The van der Waals surface area contributed by atoms with Crippen LogP contribution in [0.5, 0.6) is 0 Å². The molecule has 2 heterocycles. The number of nitrogens with two attached hydrogens (primary N) is 1. The lowest BCUT2D eigenvalue weighted by molar-refractivity contribution is 0.101. The maximum absolute atomic E-state index is 10.7. The second-order valence-electron chi connectivity index (χ2n) is 3.62. The Bertz CT molecular complexity index is 338. The van der Waals surface area contributed by atoms with E-state index in [4.69, 9.17) is 14.9 Å². The zero-order valence-electron chi connectivity index (χ0n) is 8.36. The van der Waals surface area contributed by atoms with Gasteiger partial charge in [-0.25, -0.2) is 4.79 Å². The Labute approximate surface area is 87.6 Å². The van der Waals surface area contributed by atoms with Gasteiger partial charge in [-0.3, -0.25) is 0 Å². The first kappa shape index (κ1) is 10.0. The van der Waals surface area contributed by atoms with Gasteiger partial charge in [0.1, 0.15) is 11.5 Å². The average Bonchev–Trinajstić information content (AvgIpc) is 2.69. The van der Waals surface area contributed by atoms with Crippen LogP contribution >= 0.6 is 0 Å². The van der Waals surface area contributed by atoms with Crippen molar-refractivity contribution in [1.29, 1.82) is 0 Å². The molecule has 1 unspecified atom stereocenters. The molecule has 0 saturated carbocycles. The minimum atomic E-state index is -0.339. The first-order chi connectivity index (χ1) is 7.28. The molecule has 1 amide bonds. The number of rotatable bonds is 3. The predicted octanol–water partition coefficient (Wildman–Crippen LogP) is 0.637. The van der Waals surface area contributed by atoms with Crippen molar-refractivity contribution in [3.8, 4) is 0 Å². The molecule has 82 valence electrons. The third kappa shape index (κ3) is 2.50. The Morgan fingerprint density at radius 2 is 2.27 bits per heavy atom. The quantitative estimate of drug-likeness (QED) is 0.767. The molecule has 0 bridgehead atoms. The molecule has 1 aliphatic rings. The maximum Gasteiger partial charge on any atom is 0.407 e. The van der Waals surface area contributed by atoms with Gasteiger partial charge in [0, 0.05) is 18.9 Å². The van der Waals surface area contributed by atoms with E-state index in [2.05, 4.69) is 5.32 Å². The Balaban J connectivity index is 1.88. The number of cyclic esters (lactones) is 1. The number of carbonyl (C=O) groups excluding carboxylic acids is 1. The third-order valence-corrected chi connectivity index (χ3v) is 2.39.